The van der Waals surface area contributed by atoms with E-state index in [-0.39, 0.29) is 11.8 Å². The van der Waals surface area contributed by atoms with Gasteiger partial charge in [-0.3, -0.25) is 4.90 Å². The Hall–Kier alpha value is -1.98. The largest absolute Gasteiger partial charge is 0.411 e. The Morgan fingerprint density at radius 3 is 2.50 bits per heavy atom. The molecule has 2 aromatic rings. The van der Waals surface area contributed by atoms with Crippen molar-refractivity contribution in [2.24, 2.45) is 11.1 Å². The molecule has 0 saturated carbocycles. The number of aldehydes is 1. The highest BCUT2D eigenvalue weighted by molar-refractivity contribution is 9.10. The molecule has 28 heavy (non-hydrogen) atoms. The van der Waals surface area contributed by atoms with Gasteiger partial charge in [-0.2, -0.15) is 0 Å². The Labute approximate surface area is 175 Å². The lowest BCUT2D eigenvalue weighted by molar-refractivity contribution is -0.109. The number of carbonyl (C=O) groups excluding carboxylic acids is 1. The summed E-state index contributed by atoms with van der Waals surface area (Å²) in [7, 11) is 0. The van der Waals surface area contributed by atoms with E-state index in [1.165, 1.54) is 16.7 Å². The minimum Gasteiger partial charge on any atom is -0.411 e. The van der Waals surface area contributed by atoms with Crippen LogP contribution in [0.3, 0.4) is 0 Å². The summed E-state index contributed by atoms with van der Waals surface area (Å²) in [6, 6.07) is 16.8. The number of rotatable bonds is 7. The second-order valence-corrected chi connectivity index (χ2v) is 8.41. The highest BCUT2D eigenvalue weighted by Crippen LogP contribution is 2.34. The SMILES string of the molecule is Cc1ccccc1C(C/C(=N/O)C1CCN(CC=O)CC1)c1ccc(Br)cc1. The summed E-state index contributed by atoms with van der Waals surface area (Å²) in [6.07, 6.45) is 3.51. The predicted molar refractivity (Wildman–Crippen MR) is 116 cm³/mol. The minimum absolute atomic E-state index is 0.146. The maximum atomic E-state index is 10.8. The van der Waals surface area contributed by atoms with Gasteiger partial charge in [0.05, 0.1) is 12.3 Å². The Kier molecular flexibility index (Phi) is 7.40. The molecule has 1 fully saturated rings. The molecule has 1 N–H and O–H groups in total. The lowest BCUT2D eigenvalue weighted by Gasteiger charge is -2.32. The molecule has 0 aromatic heterocycles. The first-order valence-corrected chi connectivity index (χ1v) is 10.6. The van der Waals surface area contributed by atoms with Gasteiger partial charge in [0.15, 0.2) is 0 Å². The quantitative estimate of drug-likeness (QED) is 0.283. The summed E-state index contributed by atoms with van der Waals surface area (Å²) < 4.78 is 1.05. The molecule has 5 heteroatoms. The first-order valence-electron chi connectivity index (χ1n) is 9.80. The van der Waals surface area contributed by atoms with Gasteiger partial charge < -0.3 is 10.0 Å². The van der Waals surface area contributed by atoms with Crippen LogP contribution in [0.5, 0.6) is 0 Å². The van der Waals surface area contributed by atoms with Crippen LogP contribution in [0.1, 0.15) is 41.9 Å². The van der Waals surface area contributed by atoms with E-state index in [9.17, 15) is 10.0 Å². The van der Waals surface area contributed by atoms with Gasteiger partial charge in [-0.25, -0.2) is 0 Å². The van der Waals surface area contributed by atoms with E-state index < -0.39 is 0 Å². The van der Waals surface area contributed by atoms with Crippen LogP contribution >= 0.6 is 15.9 Å². The molecule has 0 bridgehead atoms. The summed E-state index contributed by atoms with van der Waals surface area (Å²) in [5, 5.41) is 13.6. The molecule has 4 nitrogen and oxygen atoms in total. The molecule has 1 unspecified atom stereocenters. The normalized spacial score (nSPS) is 17.4. The molecular weight excluding hydrogens is 416 g/mol. The second-order valence-electron chi connectivity index (χ2n) is 7.50. The smallest absolute Gasteiger partial charge is 0.133 e. The first kappa shape index (κ1) is 20.7. The zero-order valence-corrected chi connectivity index (χ0v) is 17.8. The van der Waals surface area contributed by atoms with Crippen molar-refractivity contribution in [1.29, 1.82) is 0 Å². The van der Waals surface area contributed by atoms with E-state index in [0.717, 1.165) is 42.4 Å². The van der Waals surface area contributed by atoms with E-state index in [4.69, 9.17) is 0 Å². The highest BCUT2D eigenvalue weighted by atomic mass is 79.9. The van der Waals surface area contributed by atoms with Gasteiger partial charge in [0.25, 0.3) is 0 Å². The number of nitrogens with zero attached hydrogens (tertiary/aromatic N) is 2. The molecule has 0 spiro atoms. The molecule has 0 radical (unpaired) electrons. The van der Waals surface area contributed by atoms with E-state index in [2.05, 4.69) is 81.4 Å². The Bertz CT molecular complexity index is 812. The van der Waals surface area contributed by atoms with Gasteiger partial charge >= 0.3 is 0 Å². The summed E-state index contributed by atoms with van der Waals surface area (Å²) in [5.74, 6) is 0.406. The number of piperidine rings is 1. The van der Waals surface area contributed by atoms with Crippen molar-refractivity contribution < 1.29 is 10.0 Å². The number of aryl methyl sites for hydroxylation is 1. The lowest BCUT2D eigenvalue weighted by atomic mass is 9.80. The number of likely N-dealkylation sites (tertiary alicyclic amines) is 1. The van der Waals surface area contributed by atoms with Crippen molar-refractivity contribution in [2.45, 2.75) is 32.1 Å². The zero-order valence-electron chi connectivity index (χ0n) is 16.2. The Balaban J connectivity index is 1.83. The zero-order chi connectivity index (χ0) is 19.9. The number of hydrogen-bond acceptors (Lipinski definition) is 4. The lowest BCUT2D eigenvalue weighted by Crippen LogP contribution is -2.37. The van der Waals surface area contributed by atoms with Crippen molar-refractivity contribution >= 4 is 27.9 Å². The molecule has 1 atom stereocenters. The molecule has 2 aromatic carbocycles. The molecule has 1 aliphatic heterocycles. The maximum Gasteiger partial charge on any atom is 0.133 e. The van der Waals surface area contributed by atoms with Crippen LogP contribution in [0.15, 0.2) is 58.2 Å². The molecule has 0 aliphatic carbocycles. The van der Waals surface area contributed by atoms with Crippen LogP contribution in [0.2, 0.25) is 0 Å². The van der Waals surface area contributed by atoms with Crippen LogP contribution in [0.25, 0.3) is 0 Å². The number of halogens is 1. The van der Waals surface area contributed by atoms with Crippen LogP contribution < -0.4 is 0 Å². The van der Waals surface area contributed by atoms with Gasteiger partial charge in [-0.15, -0.1) is 0 Å². The van der Waals surface area contributed by atoms with Crippen LogP contribution in [0.4, 0.5) is 0 Å². The van der Waals surface area contributed by atoms with Crippen molar-refractivity contribution in [3.05, 3.63) is 69.7 Å². The fourth-order valence-corrected chi connectivity index (χ4v) is 4.40. The molecule has 1 heterocycles. The van der Waals surface area contributed by atoms with E-state index in [1.54, 1.807) is 0 Å². The van der Waals surface area contributed by atoms with Gasteiger partial charge in [0, 0.05) is 22.7 Å². The standard InChI is InChI=1S/C23H27BrN2O2/c1-17-4-2-3-5-21(17)22(18-6-8-20(24)9-7-18)16-23(25-28)19-10-12-26(13-11-19)14-15-27/h2-9,15,19,22,28H,10-14,16H2,1H3/b25-23-. The Morgan fingerprint density at radius 1 is 1.21 bits per heavy atom. The fourth-order valence-electron chi connectivity index (χ4n) is 4.13. The summed E-state index contributed by atoms with van der Waals surface area (Å²) >= 11 is 3.52. The first-order chi connectivity index (χ1) is 13.6. The van der Waals surface area contributed by atoms with Gasteiger partial charge in [-0.05, 0) is 61.7 Å². The summed E-state index contributed by atoms with van der Waals surface area (Å²) in [6.45, 7) is 4.36. The van der Waals surface area contributed by atoms with E-state index in [0.29, 0.717) is 13.0 Å². The second kappa shape index (κ2) is 9.99. The van der Waals surface area contributed by atoms with Crippen molar-refractivity contribution in [3.63, 3.8) is 0 Å². The third-order valence-electron chi connectivity index (χ3n) is 5.77. The van der Waals surface area contributed by atoms with Crippen LogP contribution in [-0.4, -0.2) is 41.7 Å². The van der Waals surface area contributed by atoms with Crippen LogP contribution in [-0.2, 0) is 4.79 Å². The number of oxime groups is 1. The van der Waals surface area contributed by atoms with Crippen LogP contribution in [0, 0.1) is 12.8 Å². The maximum absolute atomic E-state index is 10.8. The van der Waals surface area contributed by atoms with Gasteiger partial charge in [0.2, 0.25) is 0 Å². The monoisotopic (exact) mass is 442 g/mol. The van der Waals surface area contributed by atoms with Crippen molar-refractivity contribution in [1.82, 2.24) is 4.90 Å². The molecule has 148 valence electrons. The van der Waals surface area contributed by atoms with Crippen molar-refractivity contribution in [3.8, 4) is 0 Å². The number of hydrogen-bond donors (Lipinski definition) is 1. The molecule has 3 rings (SSSR count). The summed E-state index contributed by atoms with van der Waals surface area (Å²) in [4.78, 5) is 12.9. The van der Waals surface area contributed by atoms with Gasteiger partial charge in [-0.1, -0.05) is 57.5 Å². The average Bonchev–Trinajstić information content (AvgIpc) is 2.72. The molecular formula is C23H27BrN2O2. The van der Waals surface area contributed by atoms with Crippen molar-refractivity contribution in [2.75, 3.05) is 19.6 Å². The number of benzene rings is 2. The number of carbonyl (C=O) groups is 1. The molecule has 0 amide bonds. The Morgan fingerprint density at radius 2 is 1.89 bits per heavy atom. The van der Waals surface area contributed by atoms with E-state index >= 15 is 0 Å². The summed E-state index contributed by atoms with van der Waals surface area (Å²) in [5.41, 5.74) is 4.59. The fraction of sp³-hybridized carbons (Fsp3) is 0.391. The predicted octanol–water partition coefficient (Wildman–Crippen LogP) is 5.02. The topological polar surface area (TPSA) is 52.9 Å². The van der Waals surface area contributed by atoms with E-state index in [1.807, 2.05) is 0 Å². The molecule has 1 aliphatic rings. The highest BCUT2D eigenvalue weighted by Gasteiger charge is 2.27. The van der Waals surface area contributed by atoms with Gasteiger partial charge in [0.1, 0.15) is 6.29 Å². The minimum atomic E-state index is 0.146. The third-order valence-corrected chi connectivity index (χ3v) is 6.30. The average molecular weight is 443 g/mol. The molecule has 1 saturated heterocycles. The third kappa shape index (κ3) is 5.09.